The lowest BCUT2D eigenvalue weighted by Crippen LogP contribution is -2.41. The molecule has 0 bridgehead atoms. The van der Waals surface area contributed by atoms with Crippen LogP contribution in [0.5, 0.6) is 0 Å². The lowest BCUT2D eigenvalue weighted by atomic mass is 9.98. The van der Waals surface area contributed by atoms with E-state index in [1.54, 1.807) is 0 Å². The maximum Gasteiger partial charge on any atom is 0.158 e. The molecule has 6 heterocycles. The van der Waals surface area contributed by atoms with Gasteiger partial charge in [-0.2, -0.15) is 0 Å². The molecule has 6 aliphatic heterocycles. The van der Waals surface area contributed by atoms with Crippen LogP contribution in [0, 0.1) is 17.8 Å². The van der Waals surface area contributed by atoms with Gasteiger partial charge in [0.25, 0.3) is 0 Å². The molecular weight excluding hydrogens is 757 g/mol. The molecule has 6 rings (SSSR count). The Morgan fingerprint density at radius 2 is 0.600 bits per heavy atom. The van der Waals surface area contributed by atoms with E-state index in [9.17, 15) is 0 Å². The Morgan fingerprint density at radius 1 is 0.300 bits per heavy atom. The van der Waals surface area contributed by atoms with Crippen molar-refractivity contribution in [3.63, 3.8) is 0 Å². The second-order valence-corrected chi connectivity index (χ2v) is 15.7. The van der Waals surface area contributed by atoms with E-state index < -0.39 is 0 Å². The Morgan fingerprint density at radius 3 is 0.833 bits per heavy atom. The van der Waals surface area contributed by atoms with E-state index in [4.69, 9.17) is 42.6 Å². The molecule has 0 radical (unpaired) electrons. The standard InChI is InChI=1S/C18H32O5.C13H24O3.C8H16O.6C2H6/c1-13(2)16-8-6-14(11-20-16)23-18-9-7-15(12-21-18)22-17-5-3-4-10-19-17;1-10(2)12-7-6-11(9-15-12)16-13-5-3-4-8-14-13;1-7(2)8-5-3-4-6-9-8;6*1-2/h13-18H,3-12H2,1-2H3;10-13H,3-9H2,1-2H3;7-8H,3-6H2,1-2H3;6*1-2H3. The molecule has 0 spiro atoms. The summed E-state index contributed by atoms with van der Waals surface area (Å²) in [5, 5.41) is 0. The summed E-state index contributed by atoms with van der Waals surface area (Å²) in [6, 6.07) is 0. The first-order valence-corrected chi connectivity index (χ1v) is 25.9. The van der Waals surface area contributed by atoms with Gasteiger partial charge in [0.05, 0.1) is 56.4 Å². The van der Waals surface area contributed by atoms with Gasteiger partial charge < -0.3 is 42.6 Å². The Hall–Kier alpha value is -0.360. The minimum atomic E-state index is -0.105. The fourth-order valence-electron chi connectivity index (χ4n) is 7.25. The SMILES string of the molecule is CC.CC.CC.CC.CC.CC.CC(C)C1CCC(OC2CCC(OC3CCCCO3)CO2)CO1.CC(C)C1CCC(OC2CCCCO2)CO1.CC(C)C1CCCCO1. The molecule has 0 saturated carbocycles. The maximum absolute atomic E-state index is 6.06. The van der Waals surface area contributed by atoms with Gasteiger partial charge in [-0.25, -0.2) is 0 Å². The maximum atomic E-state index is 6.06. The van der Waals surface area contributed by atoms with Crippen molar-refractivity contribution in [2.24, 2.45) is 17.8 Å². The lowest BCUT2D eigenvalue weighted by molar-refractivity contribution is -0.258. The van der Waals surface area contributed by atoms with Gasteiger partial charge in [-0.3, -0.25) is 0 Å². The van der Waals surface area contributed by atoms with Crippen molar-refractivity contribution in [3.05, 3.63) is 0 Å². The first-order valence-electron chi connectivity index (χ1n) is 25.9. The third-order valence-corrected chi connectivity index (χ3v) is 10.5. The van der Waals surface area contributed by atoms with Crippen LogP contribution in [0.3, 0.4) is 0 Å². The average Bonchev–Trinajstić information content (AvgIpc) is 3.33. The van der Waals surface area contributed by atoms with Crippen LogP contribution in [0.15, 0.2) is 0 Å². The van der Waals surface area contributed by atoms with Crippen LogP contribution >= 0.6 is 0 Å². The lowest BCUT2D eigenvalue weighted by Gasteiger charge is -2.36. The molecule has 0 aromatic carbocycles. The van der Waals surface area contributed by atoms with Gasteiger partial charge in [0, 0.05) is 26.2 Å². The highest BCUT2D eigenvalue weighted by molar-refractivity contribution is 4.76. The van der Waals surface area contributed by atoms with Gasteiger partial charge >= 0.3 is 0 Å². The van der Waals surface area contributed by atoms with E-state index in [0.29, 0.717) is 49.3 Å². The topological polar surface area (TPSA) is 83.1 Å². The van der Waals surface area contributed by atoms with Crippen molar-refractivity contribution in [2.45, 2.75) is 276 Å². The van der Waals surface area contributed by atoms with Crippen molar-refractivity contribution < 1.29 is 42.6 Å². The molecular formula is C51H108O9. The zero-order valence-corrected chi connectivity index (χ0v) is 43.5. The highest BCUT2D eigenvalue weighted by Crippen LogP contribution is 2.27. The minimum absolute atomic E-state index is 0.0259. The zero-order valence-electron chi connectivity index (χ0n) is 43.5. The second-order valence-electron chi connectivity index (χ2n) is 15.7. The fourth-order valence-corrected chi connectivity index (χ4v) is 7.25. The smallest absolute Gasteiger partial charge is 0.158 e. The van der Waals surface area contributed by atoms with Gasteiger partial charge in [-0.15, -0.1) is 0 Å². The number of ether oxygens (including phenoxy) is 9. The molecule has 366 valence electrons. The molecule has 6 saturated heterocycles. The summed E-state index contributed by atoms with van der Waals surface area (Å²) in [6.45, 7) is 42.0. The predicted molar refractivity (Wildman–Crippen MR) is 255 cm³/mol. The van der Waals surface area contributed by atoms with Gasteiger partial charge in [-0.05, 0) is 108 Å². The summed E-state index contributed by atoms with van der Waals surface area (Å²) < 4.78 is 52.3. The molecule has 0 amide bonds. The van der Waals surface area contributed by atoms with Crippen LogP contribution in [0.25, 0.3) is 0 Å². The van der Waals surface area contributed by atoms with E-state index in [0.717, 1.165) is 84.2 Å². The summed E-state index contributed by atoms with van der Waals surface area (Å²) in [7, 11) is 0. The van der Waals surface area contributed by atoms with Crippen LogP contribution in [0.2, 0.25) is 0 Å². The fraction of sp³-hybridized carbons (Fsp3) is 1.00. The van der Waals surface area contributed by atoms with E-state index in [2.05, 4.69) is 41.5 Å². The van der Waals surface area contributed by atoms with Crippen molar-refractivity contribution >= 4 is 0 Å². The second kappa shape index (κ2) is 45.2. The van der Waals surface area contributed by atoms with E-state index in [1.165, 1.54) is 38.5 Å². The third kappa shape index (κ3) is 30.7. The highest BCUT2D eigenvalue weighted by atomic mass is 16.7. The Kier molecular flexibility index (Phi) is 48.2. The molecule has 0 N–H and O–H groups in total. The van der Waals surface area contributed by atoms with Crippen molar-refractivity contribution in [1.29, 1.82) is 0 Å². The summed E-state index contributed by atoms with van der Waals surface area (Å²) in [6.07, 6.45) is 18.8. The third-order valence-electron chi connectivity index (χ3n) is 10.5. The number of rotatable bonds is 9. The van der Waals surface area contributed by atoms with Crippen molar-refractivity contribution in [3.8, 4) is 0 Å². The number of hydrogen-bond donors (Lipinski definition) is 0. The van der Waals surface area contributed by atoms with Gasteiger partial charge in [-0.1, -0.05) is 125 Å². The Balaban J connectivity index is -0.000000765. The zero-order chi connectivity index (χ0) is 46.1. The molecule has 9 atom stereocenters. The molecule has 60 heavy (non-hydrogen) atoms. The molecule has 6 aliphatic rings. The van der Waals surface area contributed by atoms with Gasteiger partial charge in [0.15, 0.2) is 18.9 Å². The Labute approximate surface area is 375 Å². The van der Waals surface area contributed by atoms with Crippen LogP contribution in [0.4, 0.5) is 0 Å². The Bertz CT molecular complexity index is 786. The molecule has 0 aromatic rings. The quantitative estimate of drug-likeness (QED) is 0.225. The monoisotopic (exact) mass is 865 g/mol. The number of hydrogen-bond acceptors (Lipinski definition) is 9. The van der Waals surface area contributed by atoms with E-state index >= 15 is 0 Å². The average molecular weight is 865 g/mol. The molecule has 0 aromatic heterocycles. The molecule has 9 unspecified atom stereocenters. The largest absolute Gasteiger partial charge is 0.378 e. The van der Waals surface area contributed by atoms with Crippen molar-refractivity contribution in [1.82, 2.24) is 0 Å². The summed E-state index contributed by atoms with van der Waals surface area (Å²) in [5.41, 5.74) is 0. The van der Waals surface area contributed by atoms with Crippen molar-refractivity contribution in [2.75, 3.05) is 39.6 Å². The summed E-state index contributed by atoms with van der Waals surface area (Å²) >= 11 is 0. The molecule has 9 heteroatoms. The molecule has 9 nitrogen and oxygen atoms in total. The van der Waals surface area contributed by atoms with Crippen LogP contribution in [0.1, 0.15) is 221 Å². The van der Waals surface area contributed by atoms with E-state index in [1.807, 2.05) is 83.1 Å². The van der Waals surface area contributed by atoms with Gasteiger partial charge in [0.2, 0.25) is 0 Å². The van der Waals surface area contributed by atoms with E-state index in [-0.39, 0.29) is 37.2 Å². The molecule has 6 fully saturated rings. The normalized spacial score (nSPS) is 29.9. The molecule has 0 aliphatic carbocycles. The van der Waals surface area contributed by atoms with Gasteiger partial charge in [0.1, 0.15) is 0 Å². The minimum Gasteiger partial charge on any atom is -0.378 e. The van der Waals surface area contributed by atoms with Crippen LogP contribution < -0.4 is 0 Å². The first kappa shape index (κ1) is 63.9. The summed E-state index contributed by atoms with van der Waals surface area (Å²) in [5.74, 6) is 1.92. The van der Waals surface area contributed by atoms with Crippen LogP contribution in [-0.2, 0) is 42.6 Å². The predicted octanol–water partition coefficient (Wildman–Crippen LogP) is 14.4. The van der Waals surface area contributed by atoms with Crippen LogP contribution in [-0.4, -0.2) is 95.1 Å². The highest BCUT2D eigenvalue weighted by Gasteiger charge is 2.31. The first-order chi connectivity index (χ1) is 29.3. The summed E-state index contributed by atoms with van der Waals surface area (Å²) in [4.78, 5) is 0.